The molecule has 0 fully saturated rings. The summed E-state index contributed by atoms with van der Waals surface area (Å²) in [5, 5.41) is 29.0. The summed E-state index contributed by atoms with van der Waals surface area (Å²) in [6.45, 7) is 9.00. The van der Waals surface area contributed by atoms with Gasteiger partial charge in [-0.15, -0.1) is 0 Å². The average Bonchev–Trinajstić information content (AvgIpc) is 3.27. The average molecular weight is 589 g/mol. The van der Waals surface area contributed by atoms with Gasteiger partial charge in [0.15, 0.2) is 16.9 Å². The van der Waals surface area contributed by atoms with E-state index in [4.69, 9.17) is 4.74 Å². The van der Waals surface area contributed by atoms with E-state index in [0.29, 0.717) is 0 Å². The zero-order valence-electron chi connectivity index (χ0n) is 25.6. The minimum absolute atomic E-state index is 0.00545. The first-order valence-corrected chi connectivity index (χ1v) is 14.4. The van der Waals surface area contributed by atoms with Gasteiger partial charge < -0.3 is 9.64 Å². The van der Waals surface area contributed by atoms with Crippen LogP contribution in [0, 0.1) is 51.0 Å². The van der Waals surface area contributed by atoms with Crippen LogP contribution in [0.2, 0.25) is 0 Å². The minimum atomic E-state index is -1.58. The van der Waals surface area contributed by atoms with Gasteiger partial charge in [-0.25, -0.2) is 8.78 Å². The SMILES string of the molecule is CCN(C)c1ccc(C=CC2=CC(=CC=CC3=C(C#N)C(=C(C#N)C#N)OC3(C)c3ccc(F)cc3F)CC(C)(C)C2)cc1. The third kappa shape index (κ3) is 6.72. The molecule has 1 aliphatic carbocycles. The number of nitriles is 3. The molecule has 1 heterocycles. The Balaban J connectivity index is 1.71. The number of hydrogen-bond donors (Lipinski definition) is 0. The van der Waals surface area contributed by atoms with Crippen LogP contribution in [0.1, 0.15) is 51.7 Å². The molecule has 7 heteroatoms. The molecule has 44 heavy (non-hydrogen) atoms. The van der Waals surface area contributed by atoms with Gasteiger partial charge in [-0.3, -0.25) is 0 Å². The van der Waals surface area contributed by atoms with Crippen LogP contribution in [-0.4, -0.2) is 13.6 Å². The van der Waals surface area contributed by atoms with Gasteiger partial charge in [0.1, 0.15) is 35.4 Å². The van der Waals surface area contributed by atoms with E-state index in [2.05, 4.69) is 75.2 Å². The summed E-state index contributed by atoms with van der Waals surface area (Å²) in [5.74, 6) is -1.86. The van der Waals surface area contributed by atoms with Gasteiger partial charge in [-0.05, 0) is 73.1 Å². The number of hydrogen-bond acceptors (Lipinski definition) is 5. The highest BCUT2D eigenvalue weighted by Gasteiger charge is 2.45. The Labute approximate surface area is 258 Å². The van der Waals surface area contributed by atoms with E-state index >= 15 is 4.39 Å². The number of halogens is 2. The van der Waals surface area contributed by atoms with Crippen LogP contribution in [0.4, 0.5) is 14.5 Å². The van der Waals surface area contributed by atoms with Crippen molar-refractivity contribution < 1.29 is 13.5 Å². The molecule has 222 valence electrons. The van der Waals surface area contributed by atoms with E-state index in [1.54, 1.807) is 24.3 Å². The Morgan fingerprint density at radius 2 is 1.68 bits per heavy atom. The molecule has 2 aromatic rings. The molecule has 0 N–H and O–H groups in total. The first-order valence-electron chi connectivity index (χ1n) is 14.4. The number of rotatable bonds is 7. The van der Waals surface area contributed by atoms with E-state index in [9.17, 15) is 20.2 Å². The maximum Gasteiger partial charge on any atom is 0.172 e. The van der Waals surface area contributed by atoms with Crippen molar-refractivity contribution in [3.05, 3.63) is 129 Å². The van der Waals surface area contributed by atoms with Crippen molar-refractivity contribution in [2.24, 2.45) is 5.41 Å². The van der Waals surface area contributed by atoms with Crippen LogP contribution in [0.3, 0.4) is 0 Å². The fourth-order valence-electron chi connectivity index (χ4n) is 5.62. The number of allylic oxidation sites excluding steroid dienone is 8. The van der Waals surface area contributed by atoms with E-state index < -0.39 is 22.8 Å². The van der Waals surface area contributed by atoms with Crippen molar-refractivity contribution in [2.75, 3.05) is 18.5 Å². The second-order valence-electron chi connectivity index (χ2n) is 11.9. The first-order chi connectivity index (χ1) is 20.9. The normalized spacial score (nSPS) is 20.3. The van der Waals surface area contributed by atoms with E-state index in [1.807, 2.05) is 12.1 Å². The highest BCUT2D eigenvalue weighted by molar-refractivity contribution is 5.62. The lowest BCUT2D eigenvalue weighted by molar-refractivity contribution is 0.0718. The van der Waals surface area contributed by atoms with Crippen molar-refractivity contribution in [1.29, 1.82) is 15.8 Å². The number of anilines is 1. The molecule has 0 radical (unpaired) electrons. The minimum Gasteiger partial charge on any atom is -0.474 e. The van der Waals surface area contributed by atoms with Gasteiger partial charge in [0.05, 0.1) is 0 Å². The molecular formula is C37H34F2N4O. The molecule has 0 amide bonds. The highest BCUT2D eigenvalue weighted by atomic mass is 19.1. The summed E-state index contributed by atoms with van der Waals surface area (Å²) in [5.41, 5.74) is 2.72. The first kappa shape index (κ1) is 31.7. The fraction of sp³-hybridized carbons (Fsp3) is 0.270. The Morgan fingerprint density at radius 1 is 0.977 bits per heavy atom. The molecule has 4 rings (SSSR count). The molecule has 0 bridgehead atoms. The Morgan fingerprint density at radius 3 is 2.30 bits per heavy atom. The maximum atomic E-state index is 15.0. The number of benzene rings is 2. The van der Waals surface area contributed by atoms with Gasteiger partial charge in [-0.2, -0.15) is 15.8 Å². The predicted molar refractivity (Wildman–Crippen MR) is 168 cm³/mol. The molecular weight excluding hydrogens is 554 g/mol. The molecule has 0 saturated carbocycles. The molecule has 5 nitrogen and oxygen atoms in total. The molecule has 2 aromatic carbocycles. The van der Waals surface area contributed by atoms with E-state index in [0.717, 1.165) is 42.7 Å². The maximum absolute atomic E-state index is 15.0. The monoisotopic (exact) mass is 588 g/mol. The standard InChI is InChI=1S/C37H34F2N4O/c1-6-43(5)30-15-12-25(13-16-30)10-11-27-18-26(20-36(2,3)21-27)8-7-9-32-31(24-42)35(28(22-40)23-41)44-37(32,4)33-17-14-29(38)19-34(33)39/h7-19H,6,20-21H2,1-5H3. The van der Waals surface area contributed by atoms with Crippen LogP contribution < -0.4 is 4.90 Å². The molecule has 0 aromatic heterocycles. The third-order valence-corrected chi connectivity index (χ3v) is 7.93. The molecule has 0 saturated heterocycles. The van der Waals surface area contributed by atoms with Gasteiger partial charge >= 0.3 is 0 Å². The number of nitrogens with zero attached hydrogens (tertiary/aromatic N) is 4. The summed E-state index contributed by atoms with van der Waals surface area (Å²) in [6, 6.07) is 17.0. The molecule has 1 aliphatic heterocycles. The zero-order chi connectivity index (χ0) is 32.1. The van der Waals surface area contributed by atoms with Crippen LogP contribution in [0.15, 0.2) is 106 Å². The number of ether oxygens (including phenoxy) is 1. The lowest BCUT2D eigenvalue weighted by atomic mass is 9.75. The van der Waals surface area contributed by atoms with Crippen molar-refractivity contribution in [3.63, 3.8) is 0 Å². The van der Waals surface area contributed by atoms with E-state index in [-0.39, 0.29) is 27.9 Å². The Kier molecular flexibility index (Phi) is 9.37. The van der Waals surface area contributed by atoms with Gasteiger partial charge in [0.25, 0.3) is 0 Å². The van der Waals surface area contributed by atoms with Crippen LogP contribution >= 0.6 is 0 Å². The summed E-state index contributed by atoms with van der Waals surface area (Å²) >= 11 is 0. The van der Waals surface area contributed by atoms with Crippen molar-refractivity contribution >= 4 is 11.8 Å². The van der Waals surface area contributed by atoms with E-state index in [1.165, 1.54) is 24.3 Å². The lowest BCUT2D eigenvalue weighted by Crippen LogP contribution is -2.25. The van der Waals surface area contributed by atoms with Crippen molar-refractivity contribution in [3.8, 4) is 18.2 Å². The molecule has 1 atom stereocenters. The van der Waals surface area contributed by atoms with Crippen LogP contribution in [-0.2, 0) is 10.3 Å². The predicted octanol–water partition coefficient (Wildman–Crippen LogP) is 8.73. The quantitative estimate of drug-likeness (QED) is 0.302. The Bertz CT molecular complexity index is 1750. The molecule has 2 aliphatic rings. The topological polar surface area (TPSA) is 83.8 Å². The largest absolute Gasteiger partial charge is 0.474 e. The van der Waals surface area contributed by atoms with Gasteiger partial charge in [-0.1, -0.05) is 62.4 Å². The summed E-state index contributed by atoms with van der Waals surface area (Å²) in [6.07, 6.45) is 13.4. The van der Waals surface area contributed by atoms with Crippen molar-refractivity contribution in [2.45, 2.75) is 46.1 Å². The van der Waals surface area contributed by atoms with Gasteiger partial charge in [0.2, 0.25) is 0 Å². The van der Waals surface area contributed by atoms with Crippen LogP contribution in [0.25, 0.3) is 6.08 Å². The summed E-state index contributed by atoms with van der Waals surface area (Å²) < 4.78 is 34.8. The fourth-order valence-corrected chi connectivity index (χ4v) is 5.62. The third-order valence-electron chi connectivity index (χ3n) is 7.93. The molecule has 0 spiro atoms. The van der Waals surface area contributed by atoms with Gasteiger partial charge in [0, 0.05) is 36.5 Å². The van der Waals surface area contributed by atoms with Crippen molar-refractivity contribution in [1.82, 2.24) is 0 Å². The molecule has 1 unspecified atom stereocenters. The Hall–Kier alpha value is -5.19. The smallest absolute Gasteiger partial charge is 0.172 e. The van der Waals surface area contributed by atoms with Crippen LogP contribution in [0.5, 0.6) is 0 Å². The summed E-state index contributed by atoms with van der Waals surface area (Å²) in [7, 11) is 2.06. The highest BCUT2D eigenvalue weighted by Crippen LogP contribution is 2.48. The zero-order valence-corrected chi connectivity index (χ0v) is 25.6. The second-order valence-corrected chi connectivity index (χ2v) is 11.9. The lowest BCUT2D eigenvalue weighted by Gasteiger charge is -2.30. The second kappa shape index (κ2) is 13.0. The summed E-state index contributed by atoms with van der Waals surface area (Å²) in [4.78, 5) is 2.18.